The van der Waals surface area contributed by atoms with Crippen LogP contribution in [0, 0.1) is 6.92 Å². The molecule has 0 spiro atoms. The monoisotopic (exact) mass is 445 g/mol. The second-order valence-electron chi connectivity index (χ2n) is 6.97. The molecule has 0 saturated heterocycles. The Bertz CT molecular complexity index is 1130. The van der Waals surface area contributed by atoms with E-state index in [0.717, 1.165) is 0 Å². The molecule has 0 aliphatic carbocycles. The van der Waals surface area contributed by atoms with E-state index in [-0.39, 0.29) is 28.5 Å². The summed E-state index contributed by atoms with van der Waals surface area (Å²) >= 11 is 0. The third kappa shape index (κ3) is 5.20. The van der Waals surface area contributed by atoms with Crippen LogP contribution in [0.2, 0.25) is 0 Å². The number of carbonyl (C=O) groups excluding carboxylic acids is 1. The third-order valence-electron chi connectivity index (χ3n) is 4.65. The molecule has 1 atom stereocenters. The molecule has 32 heavy (non-hydrogen) atoms. The average molecular weight is 445 g/mol. The minimum atomic E-state index is -2.98. The van der Waals surface area contributed by atoms with E-state index in [4.69, 9.17) is 9.84 Å². The Labute approximate surface area is 182 Å². The number of hydrogen-bond acceptors (Lipinski definition) is 5. The van der Waals surface area contributed by atoms with Gasteiger partial charge in [0.15, 0.2) is 0 Å². The molecule has 10 heteroatoms. The van der Waals surface area contributed by atoms with Gasteiger partial charge in [-0.15, -0.1) is 0 Å². The lowest BCUT2D eigenvalue weighted by molar-refractivity contribution is -0.0499. The SMILES string of the molecule is Cc1nn(C)c(Oc2cccc(OC(F)F)c2)c1C(=O)NC(C)c1ccc(C(=O)O)cc1. The summed E-state index contributed by atoms with van der Waals surface area (Å²) in [5.41, 5.74) is 1.45. The van der Waals surface area contributed by atoms with Crippen molar-refractivity contribution in [1.29, 1.82) is 0 Å². The highest BCUT2D eigenvalue weighted by Crippen LogP contribution is 2.30. The molecule has 2 N–H and O–H groups in total. The molecule has 0 bridgehead atoms. The molecule has 0 aliphatic heterocycles. The van der Waals surface area contributed by atoms with Crippen LogP contribution in [0.3, 0.4) is 0 Å². The van der Waals surface area contributed by atoms with Crippen molar-refractivity contribution < 1.29 is 33.0 Å². The summed E-state index contributed by atoms with van der Waals surface area (Å²) in [4.78, 5) is 24.0. The first kappa shape index (κ1) is 22.7. The number of aromatic nitrogens is 2. The Hall–Kier alpha value is -3.95. The normalized spacial score (nSPS) is 11.8. The fourth-order valence-electron chi connectivity index (χ4n) is 3.11. The molecule has 168 valence electrons. The molecule has 1 heterocycles. The average Bonchev–Trinajstić information content (AvgIpc) is 3.00. The lowest BCUT2D eigenvalue weighted by Crippen LogP contribution is -2.27. The van der Waals surface area contributed by atoms with Gasteiger partial charge in [0.1, 0.15) is 17.1 Å². The number of amides is 1. The molecule has 1 aromatic heterocycles. The van der Waals surface area contributed by atoms with Gasteiger partial charge in [-0.1, -0.05) is 18.2 Å². The molecule has 0 radical (unpaired) electrons. The molecule has 2 aromatic carbocycles. The zero-order chi connectivity index (χ0) is 23.4. The molecule has 3 rings (SSSR count). The first-order valence-corrected chi connectivity index (χ1v) is 9.56. The Kier molecular flexibility index (Phi) is 6.72. The Morgan fingerprint density at radius 2 is 1.78 bits per heavy atom. The van der Waals surface area contributed by atoms with E-state index >= 15 is 0 Å². The minimum Gasteiger partial charge on any atom is -0.478 e. The molecule has 1 unspecified atom stereocenters. The van der Waals surface area contributed by atoms with E-state index in [1.54, 1.807) is 33.0 Å². The summed E-state index contributed by atoms with van der Waals surface area (Å²) in [6.45, 7) is 0.423. The van der Waals surface area contributed by atoms with Crippen molar-refractivity contribution in [1.82, 2.24) is 15.1 Å². The van der Waals surface area contributed by atoms with E-state index in [2.05, 4.69) is 15.2 Å². The molecule has 0 aliphatic rings. The second kappa shape index (κ2) is 9.46. The second-order valence-corrected chi connectivity index (χ2v) is 6.97. The fraction of sp³-hybridized carbons (Fsp3) is 0.227. The van der Waals surface area contributed by atoms with Crippen LogP contribution >= 0.6 is 0 Å². The topological polar surface area (TPSA) is 103 Å². The smallest absolute Gasteiger partial charge is 0.387 e. The highest BCUT2D eigenvalue weighted by molar-refractivity contribution is 5.98. The number of nitrogens with one attached hydrogen (secondary N) is 1. The van der Waals surface area contributed by atoms with Crippen molar-refractivity contribution in [2.75, 3.05) is 0 Å². The number of benzene rings is 2. The van der Waals surface area contributed by atoms with Gasteiger partial charge in [-0.05, 0) is 43.7 Å². The van der Waals surface area contributed by atoms with Gasteiger partial charge < -0.3 is 19.9 Å². The Morgan fingerprint density at radius 1 is 1.12 bits per heavy atom. The van der Waals surface area contributed by atoms with Crippen LogP contribution in [0.1, 0.15) is 44.9 Å². The fourth-order valence-corrected chi connectivity index (χ4v) is 3.11. The lowest BCUT2D eigenvalue weighted by Gasteiger charge is -2.15. The van der Waals surface area contributed by atoms with Gasteiger partial charge in [0.2, 0.25) is 5.88 Å². The molecule has 8 nitrogen and oxygen atoms in total. The minimum absolute atomic E-state index is 0.0826. The van der Waals surface area contributed by atoms with Crippen LogP contribution in [0.25, 0.3) is 0 Å². The van der Waals surface area contributed by atoms with Gasteiger partial charge in [0, 0.05) is 13.1 Å². The summed E-state index contributed by atoms with van der Waals surface area (Å²) in [7, 11) is 1.59. The summed E-state index contributed by atoms with van der Waals surface area (Å²) in [6.07, 6.45) is 0. The number of aryl methyl sites for hydroxylation is 2. The van der Waals surface area contributed by atoms with Crippen molar-refractivity contribution in [3.05, 3.63) is 70.9 Å². The molecule has 3 aromatic rings. The first-order chi connectivity index (χ1) is 15.2. The van der Waals surface area contributed by atoms with Gasteiger partial charge in [-0.25, -0.2) is 9.48 Å². The van der Waals surface area contributed by atoms with Gasteiger partial charge >= 0.3 is 12.6 Å². The van der Waals surface area contributed by atoms with Crippen molar-refractivity contribution in [3.8, 4) is 17.4 Å². The van der Waals surface area contributed by atoms with E-state index in [0.29, 0.717) is 11.3 Å². The van der Waals surface area contributed by atoms with Crippen molar-refractivity contribution >= 4 is 11.9 Å². The standard InChI is InChI=1S/C22H21F2N3O5/c1-12(14-7-9-15(10-8-14)21(29)30)25-19(28)18-13(2)26-27(3)20(18)31-16-5-4-6-17(11-16)32-22(23)24/h4-12,22H,1-3H3,(H,25,28)(H,29,30). The largest absolute Gasteiger partial charge is 0.478 e. The lowest BCUT2D eigenvalue weighted by atomic mass is 10.1. The van der Waals surface area contributed by atoms with E-state index in [1.807, 2.05) is 0 Å². The third-order valence-corrected chi connectivity index (χ3v) is 4.65. The summed E-state index contributed by atoms with van der Waals surface area (Å²) < 4.78 is 36.5. The number of nitrogens with zero attached hydrogens (tertiary/aromatic N) is 2. The van der Waals surface area contributed by atoms with Gasteiger partial charge in [-0.2, -0.15) is 13.9 Å². The maximum absolute atomic E-state index is 13.0. The van der Waals surface area contributed by atoms with E-state index in [9.17, 15) is 18.4 Å². The summed E-state index contributed by atoms with van der Waals surface area (Å²) in [6, 6.07) is 11.4. The highest BCUT2D eigenvalue weighted by atomic mass is 19.3. The van der Waals surface area contributed by atoms with Crippen molar-refractivity contribution in [2.45, 2.75) is 26.5 Å². The summed E-state index contributed by atoms with van der Waals surface area (Å²) in [5.74, 6) is -1.26. The molecule has 1 amide bonds. The van der Waals surface area contributed by atoms with Gasteiger partial charge in [-0.3, -0.25) is 4.79 Å². The van der Waals surface area contributed by atoms with Crippen LogP contribution in [0.5, 0.6) is 17.4 Å². The quantitative estimate of drug-likeness (QED) is 0.536. The number of aromatic carboxylic acids is 1. The summed E-state index contributed by atoms with van der Waals surface area (Å²) in [5, 5.41) is 16.1. The van der Waals surface area contributed by atoms with Gasteiger partial charge in [0.25, 0.3) is 5.91 Å². The number of rotatable bonds is 8. The van der Waals surface area contributed by atoms with Crippen LogP contribution in [-0.2, 0) is 7.05 Å². The number of alkyl halides is 2. The zero-order valence-electron chi connectivity index (χ0n) is 17.5. The number of ether oxygens (including phenoxy) is 2. The Morgan fingerprint density at radius 3 is 2.41 bits per heavy atom. The first-order valence-electron chi connectivity index (χ1n) is 9.56. The number of carboxylic acid groups (broad SMARTS) is 1. The molecular weight excluding hydrogens is 424 g/mol. The molecule has 0 saturated carbocycles. The van der Waals surface area contributed by atoms with Crippen LogP contribution in [-0.4, -0.2) is 33.4 Å². The molecule has 0 fully saturated rings. The predicted octanol–water partition coefficient (Wildman–Crippen LogP) is 4.31. The number of hydrogen-bond donors (Lipinski definition) is 2. The van der Waals surface area contributed by atoms with Crippen molar-refractivity contribution in [2.24, 2.45) is 7.05 Å². The maximum Gasteiger partial charge on any atom is 0.387 e. The van der Waals surface area contributed by atoms with Crippen LogP contribution in [0.15, 0.2) is 48.5 Å². The number of carboxylic acids is 1. The van der Waals surface area contributed by atoms with Gasteiger partial charge in [0.05, 0.1) is 17.3 Å². The van der Waals surface area contributed by atoms with Crippen LogP contribution in [0.4, 0.5) is 8.78 Å². The van der Waals surface area contributed by atoms with Crippen molar-refractivity contribution in [3.63, 3.8) is 0 Å². The zero-order valence-corrected chi connectivity index (χ0v) is 17.5. The maximum atomic E-state index is 13.0. The number of carbonyl (C=O) groups is 2. The molecular formula is C22H21F2N3O5. The number of halogens is 2. The highest BCUT2D eigenvalue weighted by Gasteiger charge is 2.24. The van der Waals surface area contributed by atoms with E-state index in [1.165, 1.54) is 41.1 Å². The Balaban J connectivity index is 1.81. The van der Waals surface area contributed by atoms with E-state index < -0.39 is 24.5 Å². The predicted molar refractivity (Wildman–Crippen MR) is 110 cm³/mol. The van der Waals surface area contributed by atoms with Crippen LogP contribution < -0.4 is 14.8 Å².